The van der Waals surface area contributed by atoms with Crippen molar-refractivity contribution in [1.82, 2.24) is 4.90 Å². The van der Waals surface area contributed by atoms with Crippen molar-refractivity contribution in [3.63, 3.8) is 0 Å². The van der Waals surface area contributed by atoms with Crippen LogP contribution in [0.3, 0.4) is 0 Å². The fourth-order valence-electron chi connectivity index (χ4n) is 2.47. The van der Waals surface area contributed by atoms with Gasteiger partial charge in [-0.25, -0.2) is 4.79 Å². The van der Waals surface area contributed by atoms with Crippen molar-refractivity contribution in [1.29, 1.82) is 0 Å². The second kappa shape index (κ2) is 7.09. The van der Waals surface area contributed by atoms with Crippen molar-refractivity contribution in [2.45, 2.75) is 20.4 Å². The second-order valence-corrected chi connectivity index (χ2v) is 5.67. The zero-order valence-corrected chi connectivity index (χ0v) is 13.9. The molecule has 2 aromatic rings. The van der Waals surface area contributed by atoms with E-state index in [9.17, 15) is 9.59 Å². The number of esters is 1. The molecule has 23 heavy (non-hydrogen) atoms. The number of hydrogen-bond acceptors (Lipinski definition) is 3. The van der Waals surface area contributed by atoms with Crippen molar-refractivity contribution in [3.05, 3.63) is 70.3 Å². The normalized spacial score (nSPS) is 10.3. The molecule has 0 saturated heterocycles. The Hall–Kier alpha value is -2.62. The molecule has 0 radical (unpaired) electrons. The third kappa shape index (κ3) is 3.97. The van der Waals surface area contributed by atoms with Crippen LogP contribution in [0.15, 0.2) is 42.5 Å². The highest BCUT2D eigenvalue weighted by molar-refractivity contribution is 5.95. The molecule has 0 aliphatic rings. The van der Waals surface area contributed by atoms with E-state index in [1.54, 1.807) is 24.1 Å². The Morgan fingerprint density at radius 1 is 1.04 bits per heavy atom. The van der Waals surface area contributed by atoms with E-state index in [1.165, 1.54) is 7.11 Å². The lowest BCUT2D eigenvalue weighted by atomic mass is 10.0. The Balaban J connectivity index is 2.10. The molecule has 2 aromatic carbocycles. The molecule has 4 nitrogen and oxygen atoms in total. The van der Waals surface area contributed by atoms with Crippen molar-refractivity contribution < 1.29 is 14.3 Å². The van der Waals surface area contributed by atoms with Gasteiger partial charge in [-0.05, 0) is 43.2 Å². The standard InChI is InChI=1S/C19H21NO3/c1-13-5-10-17(14(2)11-13)18(21)20(3)12-15-6-8-16(9-7-15)19(22)23-4/h5-11H,12H2,1-4H3. The van der Waals surface area contributed by atoms with Crippen LogP contribution < -0.4 is 0 Å². The van der Waals surface area contributed by atoms with E-state index in [0.29, 0.717) is 17.7 Å². The first-order valence-electron chi connectivity index (χ1n) is 7.42. The molecular weight excluding hydrogens is 290 g/mol. The van der Waals surface area contributed by atoms with Gasteiger partial charge in [0.05, 0.1) is 12.7 Å². The van der Waals surface area contributed by atoms with E-state index >= 15 is 0 Å². The van der Waals surface area contributed by atoms with E-state index in [2.05, 4.69) is 4.74 Å². The number of nitrogens with zero attached hydrogens (tertiary/aromatic N) is 1. The van der Waals surface area contributed by atoms with Gasteiger partial charge in [-0.2, -0.15) is 0 Å². The summed E-state index contributed by atoms with van der Waals surface area (Å²) in [5.41, 5.74) is 4.28. The van der Waals surface area contributed by atoms with Gasteiger partial charge in [-0.3, -0.25) is 4.79 Å². The summed E-state index contributed by atoms with van der Waals surface area (Å²) in [6.07, 6.45) is 0. The highest BCUT2D eigenvalue weighted by atomic mass is 16.5. The molecular formula is C19H21NO3. The monoisotopic (exact) mass is 311 g/mol. The maximum atomic E-state index is 12.6. The van der Waals surface area contributed by atoms with Gasteiger partial charge in [-0.1, -0.05) is 29.8 Å². The molecule has 120 valence electrons. The van der Waals surface area contributed by atoms with Crippen LogP contribution in [-0.4, -0.2) is 30.9 Å². The number of methoxy groups -OCH3 is 1. The van der Waals surface area contributed by atoms with Gasteiger partial charge in [0.25, 0.3) is 5.91 Å². The van der Waals surface area contributed by atoms with Crippen LogP contribution in [0.5, 0.6) is 0 Å². The van der Waals surface area contributed by atoms with Gasteiger partial charge in [0.15, 0.2) is 0 Å². The average molecular weight is 311 g/mol. The molecule has 0 aliphatic heterocycles. The minimum absolute atomic E-state index is 0.0143. The quantitative estimate of drug-likeness (QED) is 0.813. The van der Waals surface area contributed by atoms with Crippen LogP contribution >= 0.6 is 0 Å². The topological polar surface area (TPSA) is 46.6 Å². The maximum Gasteiger partial charge on any atom is 0.337 e. The van der Waals surface area contributed by atoms with Crippen LogP contribution in [0.4, 0.5) is 0 Å². The number of rotatable bonds is 4. The zero-order chi connectivity index (χ0) is 17.0. The molecule has 0 atom stereocenters. The highest BCUT2D eigenvalue weighted by Crippen LogP contribution is 2.15. The lowest BCUT2D eigenvalue weighted by molar-refractivity contribution is 0.0600. The van der Waals surface area contributed by atoms with Crippen molar-refractivity contribution in [2.24, 2.45) is 0 Å². The summed E-state index contributed by atoms with van der Waals surface area (Å²) >= 11 is 0. The molecule has 2 rings (SSSR count). The number of carbonyl (C=O) groups is 2. The summed E-state index contributed by atoms with van der Waals surface area (Å²) in [4.78, 5) is 25.6. The molecule has 0 heterocycles. The number of carbonyl (C=O) groups excluding carboxylic acids is 2. The molecule has 0 aromatic heterocycles. The van der Waals surface area contributed by atoms with E-state index in [0.717, 1.165) is 16.7 Å². The first kappa shape index (κ1) is 16.7. The van der Waals surface area contributed by atoms with Crippen molar-refractivity contribution >= 4 is 11.9 Å². The SMILES string of the molecule is COC(=O)c1ccc(CN(C)C(=O)c2ccc(C)cc2C)cc1. The maximum absolute atomic E-state index is 12.6. The molecule has 4 heteroatoms. The molecule has 0 aliphatic carbocycles. The number of hydrogen-bond donors (Lipinski definition) is 0. The summed E-state index contributed by atoms with van der Waals surface area (Å²) in [6.45, 7) is 4.43. The second-order valence-electron chi connectivity index (χ2n) is 5.67. The minimum Gasteiger partial charge on any atom is -0.465 e. The smallest absolute Gasteiger partial charge is 0.337 e. The van der Waals surface area contributed by atoms with E-state index in [1.807, 2.05) is 44.2 Å². The van der Waals surface area contributed by atoms with Gasteiger partial charge < -0.3 is 9.64 Å². The predicted octanol–water partition coefficient (Wildman–Crippen LogP) is 3.36. The van der Waals surface area contributed by atoms with Crippen LogP contribution in [0, 0.1) is 13.8 Å². The summed E-state index contributed by atoms with van der Waals surface area (Å²) in [5.74, 6) is -0.379. The van der Waals surface area contributed by atoms with Gasteiger partial charge in [0.2, 0.25) is 0 Å². The Kier molecular flexibility index (Phi) is 5.16. The van der Waals surface area contributed by atoms with Crippen molar-refractivity contribution in [2.75, 3.05) is 14.2 Å². The number of amides is 1. The molecule has 0 N–H and O–H groups in total. The molecule has 0 fully saturated rings. The first-order valence-corrected chi connectivity index (χ1v) is 7.42. The fourth-order valence-corrected chi connectivity index (χ4v) is 2.47. The van der Waals surface area contributed by atoms with Gasteiger partial charge in [0, 0.05) is 19.2 Å². The molecule has 0 bridgehead atoms. The Morgan fingerprint density at radius 3 is 2.26 bits per heavy atom. The van der Waals surface area contributed by atoms with E-state index in [4.69, 9.17) is 0 Å². The lowest BCUT2D eigenvalue weighted by Gasteiger charge is -2.19. The predicted molar refractivity (Wildman–Crippen MR) is 89.5 cm³/mol. The van der Waals surface area contributed by atoms with Crippen molar-refractivity contribution in [3.8, 4) is 0 Å². The molecule has 1 amide bonds. The number of aryl methyl sites for hydroxylation is 2. The fraction of sp³-hybridized carbons (Fsp3) is 0.263. The van der Waals surface area contributed by atoms with Gasteiger partial charge >= 0.3 is 5.97 Å². The van der Waals surface area contributed by atoms with Crippen LogP contribution in [0.1, 0.15) is 37.4 Å². The summed E-state index contributed by atoms with van der Waals surface area (Å²) in [6, 6.07) is 12.9. The summed E-state index contributed by atoms with van der Waals surface area (Å²) < 4.78 is 4.67. The molecule has 0 saturated carbocycles. The Labute approximate surface area is 136 Å². The Bertz CT molecular complexity index is 720. The van der Waals surface area contributed by atoms with Crippen LogP contribution in [0.25, 0.3) is 0 Å². The Morgan fingerprint density at radius 2 is 1.70 bits per heavy atom. The molecule has 0 unspecified atom stereocenters. The van der Waals surface area contributed by atoms with Gasteiger partial charge in [0.1, 0.15) is 0 Å². The van der Waals surface area contributed by atoms with Crippen LogP contribution in [-0.2, 0) is 11.3 Å². The third-order valence-corrected chi connectivity index (χ3v) is 3.75. The van der Waals surface area contributed by atoms with E-state index in [-0.39, 0.29) is 11.9 Å². The lowest BCUT2D eigenvalue weighted by Crippen LogP contribution is -2.26. The average Bonchev–Trinajstić information content (AvgIpc) is 2.54. The van der Waals surface area contributed by atoms with Crippen LogP contribution in [0.2, 0.25) is 0 Å². The first-order chi connectivity index (χ1) is 10.9. The molecule has 0 spiro atoms. The summed E-state index contributed by atoms with van der Waals surface area (Å²) in [7, 11) is 3.13. The largest absolute Gasteiger partial charge is 0.465 e. The minimum atomic E-state index is -0.365. The van der Waals surface area contributed by atoms with E-state index < -0.39 is 0 Å². The number of ether oxygens (including phenoxy) is 1. The van der Waals surface area contributed by atoms with Gasteiger partial charge in [-0.15, -0.1) is 0 Å². The zero-order valence-electron chi connectivity index (χ0n) is 13.9. The highest BCUT2D eigenvalue weighted by Gasteiger charge is 2.14. The number of benzene rings is 2. The third-order valence-electron chi connectivity index (χ3n) is 3.75. The summed E-state index contributed by atoms with van der Waals surface area (Å²) in [5, 5.41) is 0.